The number of carbonyl (C=O) groups excluding carboxylic acids is 2. The van der Waals surface area contributed by atoms with Crippen LogP contribution in [0.2, 0.25) is 0 Å². The van der Waals surface area contributed by atoms with Crippen LogP contribution >= 0.6 is 7.82 Å². The van der Waals surface area contributed by atoms with Crippen molar-refractivity contribution in [2.45, 2.75) is 225 Å². The maximum absolute atomic E-state index is 12.1. The number of phosphoric ester groups is 1. The summed E-state index contributed by atoms with van der Waals surface area (Å²) in [5.41, 5.74) is 0. The molecule has 0 fully saturated rings. The largest absolute Gasteiger partial charge is 0.472 e. The number of amides is 1. The molecule has 0 heterocycles. The van der Waals surface area contributed by atoms with Gasteiger partial charge in [0.1, 0.15) is 12.7 Å². The van der Waals surface area contributed by atoms with Crippen LogP contribution < -0.4 is 5.32 Å². The van der Waals surface area contributed by atoms with Crippen molar-refractivity contribution < 1.29 is 37.9 Å². The summed E-state index contributed by atoms with van der Waals surface area (Å²) in [4.78, 5) is 34.0. The molecule has 0 aromatic carbocycles. The molecule has 0 aromatic rings. The van der Waals surface area contributed by atoms with Crippen LogP contribution in [0.4, 0.5) is 0 Å². The van der Waals surface area contributed by atoms with Crippen LogP contribution in [-0.4, -0.2) is 54.3 Å². The second-order valence-corrected chi connectivity index (χ2v) is 17.5. The summed E-state index contributed by atoms with van der Waals surface area (Å²) in [6, 6.07) is 0. The topological polar surface area (TPSA) is 131 Å². The van der Waals surface area contributed by atoms with E-state index in [0.29, 0.717) is 6.42 Å². The molecule has 0 saturated heterocycles. The fraction of sp³-hybridized carbons (Fsp3) is 0.796. The number of allylic oxidation sites excluding steroid dienone is 8. The van der Waals surface area contributed by atoms with Crippen molar-refractivity contribution in [3.05, 3.63) is 48.6 Å². The highest BCUT2D eigenvalue weighted by Gasteiger charge is 2.23. The molecule has 10 heteroatoms. The van der Waals surface area contributed by atoms with Crippen LogP contribution in [0.3, 0.4) is 0 Å². The maximum atomic E-state index is 12.1. The zero-order valence-electron chi connectivity index (χ0n) is 37.9. The smallest absolute Gasteiger partial charge is 0.463 e. The minimum absolute atomic E-state index is 0.0780. The Labute approximate surface area is 362 Å². The molecule has 1 amide bonds. The minimum atomic E-state index is -4.42. The van der Waals surface area contributed by atoms with Crippen molar-refractivity contribution in [1.29, 1.82) is 0 Å². The number of hydrogen-bond donors (Lipinski definition) is 3. The van der Waals surface area contributed by atoms with Gasteiger partial charge in [-0.1, -0.05) is 178 Å². The fourth-order valence-electron chi connectivity index (χ4n) is 6.56. The normalized spacial score (nSPS) is 13.6. The molecule has 0 radical (unpaired) electrons. The van der Waals surface area contributed by atoms with E-state index in [1.165, 1.54) is 128 Å². The van der Waals surface area contributed by atoms with Gasteiger partial charge in [-0.2, -0.15) is 0 Å². The number of aliphatic hydroxyl groups is 1. The highest BCUT2D eigenvalue weighted by Crippen LogP contribution is 2.42. The van der Waals surface area contributed by atoms with E-state index in [4.69, 9.17) is 13.8 Å². The lowest BCUT2D eigenvalue weighted by atomic mass is 10.1. The first-order valence-electron chi connectivity index (χ1n) is 24.1. The zero-order valence-corrected chi connectivity index (χ0v) is 38.8. The summed E-state index contributed by atoms with van der Waals surface area (Å²) in [6.07, 6.45) is 53.2. The molecule has 0 aliphatic rings. The van der Waals surface area contributed by atoms with Crippen molar-refractivity contribution >= 4 is 19.7 Å². The second-order valence-electron chi connectivity index (χ2n) is 16.1. The van der Waals surface area contributed by atoms with E-state index < -0.39 is 26.5 Å². The van der Waals surface area contributed by atoms with E-state index >= 15 is 0 Å². The van der Waals surface area contributed by atoms with E-state index in [-0.39, 0.29) is 32.1 Å². The Hall–Kier alpha value is -2.03. The molecule has 0 bridgehead atoms. The van der Waals surface area contributed by atoms with Gasteiger partial charge in [-0.05, 0) is 77.0 Å². The van der Waals surface area contributed by atoms with Gasteiger partial charge in [0.25, 0.3) is 0 Å². The van der Waals surface area contributed by atoms with Gasteiger partial charge in [-0.15, -0.1) is 0 Å². The van der Waals surface area contributed by atoms with Crippen molar-refractivity contribution in [2.24, 2.45) is 0 Å². The summed E-state index contributed by atoms with van der Waals surface area (Å²) < 4.78 is 26.9. The Morgan fingerprint density at radius 1 is 0.525 bits per heavy atom. The molecule has 3 N–H and O–H groups in total. The number of phosphoric acid groups is 1. The molecule has 59 heavy (non-hydrogen) atoms. The number of carbonyl (C=O) groups is 2. The third kappa shape index (κ3) is 46.9. The van der Waals surface area contributed by atoms with E-state index in [9.17, 15) is 24.2 Å². The number of unbranched alkanes of at least 4 members (excludes halogenated alkanes) is 24. The average Bonchev–Trinajstić information content (AvgIpc) is 3.22. The summed E-state index contributed by atoms with van der Waals surface area (Å²) in [6.45, 7) is 3.53. The highest BCUT2D eigenvalue weighted by molar-refractivity contribution is 7.47. The number of esters is 1. The molecule has 2 unspecified atom stereocenters. The van der Waals surface area contributed by atoms with Gasteiger partial charge in [0.2, 0.25) is 5.91 Å². The fourth-order valence-corrected chi connectivity index (χ4v) is 7.32. The summed E-state index contributed by atoms with van der Waals surface area (Å²) in [5, 5.41) is 12.7. The molecule has 0 spiro atoms. The van der Waals surface area contributed by atoms with Gasteiger partial charge in [0.05, 0.1) is 13.2 Å². The van der Waals surface area contributed by atoms with E-state index in [0.717, 1.165) is 64.2 Å². The van der Waals surface area contributed by atoms with Gasteiger partial charge in [-0.25, -0.2) is 4.57 Å². The average molecular weight is 852 g/mol. The van der Waals surface area contributed by atoms with Gasteiger partial charge >= 0.3 is 13.8 Å². The third-order valence-electron chi connectivity index (χ3n) is 10.2. The van der Waals surface area contributed by atoms with Gasteiger partial charge in [0, 0.05) is 19.4 Å². The molecular weight excluding hydrogens is 762 g/mol. The quantitative estimate of drug-likeness (QED) is 0.0239. The van der Waals surface area contributed by atoms with Gasteiger partial charge in [0.15, 0.2) is 0 Å². The highest BCUT2D eigenvalue weighted by atomic mass is 31.2. The predicted molar refractivity (Wildman–Crippen MR) is 247 cm³/mol. The van der Waals surface area contributed by atoms with E-state index in [1.807, 2.05) is 0 Å². The van der Waals surface area contributed by atoms with Crippen molar-refractivity contribution in [3.8, 4) is 0 Å². The van der Waals surface area contributed by atoms with Crippen LogP contribution in [0.1, 0.15) is 219 Å². The SMILES string of the molecule is CCCCC/C=C\C/C=C\C/C=C\CCCCCCCCCCC(=O)OCC(O)COP(=O)(O)OCCNC(=O)CCCCCCCCC/C=C\CCCCCCCC. The number of nitrogens with one attached hydrogen (secondary N) is 1. The first-order chi connectivity index (χ1) is 28.8. The second kappa shape index (κ2) is 45.5. The minimum Gasteiger partial charge on any atom is -0.463 e. The monoisotopic (exact) mass is 852 g/mol. The Bertz CT molecular complexity index is 1110. The van der Waals surface area contributed by atoms with E-state index in [2.05, 4.69) is 67.8 Å². The number of aliphatic hydroxyl groups excluding tert-OH is 1. The Morgan fingerprint density at radius 3 is 1.42 bits per heavy atom. The molecule has 9 nitrogen and oxygen atoms in total. The molecule has 2 atom stereocenters. The van der Waals surface area contributed by atoms with Crippen molar-refractivity contribution in [2.75, 3.05) is 26.4 Å². The Morgan fingerprint density at radius 2 is 0.915 bits per heavy atom. The number of ether oxygens (including phenoxy) is 1. The predicted octanol–water partition coefficient (Wildman–Crippen LogP) is 13.9. The lowest BCUT2D eigenvalue weighted by molar-refractivity contribution is -0.147. The van der Waals surface area contributed by atoms with Gasteiger partial charge < -0.3 is 20.1 Å². The third-order valence-corrected chi connectivity index (χ3v) is 11.2. The molecule has 0 aliphatic carbocycles. The molecule has 0 saturated carbocycles. The van der Waals surface area contributed by atoms with Gasteiger partial charge in [-0.3, -0.25) is 18.6 Å². The van der Waals surface area contributed by atoms with Crippen LogP contribution in [-0.2, 0) is 27.9 Å². The molecule has 0 aliphatic heterocycles. The Balaban J connectivity index is 3.59. The summed E-state index contributed by atoms with van der Waals surface area (Å²) in [5.74, 6) is -0.526. The zero-order chi connectivity index (χ0) is 43.2. The lowest BCUT2D eigenvalue weighted by Gasteiger charge is -2.15. The van der Waals surface area contributed by atoms with Crippen LogP contribution in [0.5, 0.6) is 0 Å². The Kier molecular flexibility index (Phi) is 43.9. The lowest BCUT2D eigenvalue weighted by Crippen LogP contribution is -2.27. The van der Waals surface area contributed by atoms with Crippen molar-refractivity contribution in [1.82, 2.24) is 5.32 Å². The first-order valence-corrected chi connectivity index (χ1v) is 25.6. The number of rotatable bonds is 45. The van der Waals surface area contributed by atoms with Crippen LogP contribution in [0.15, 0.2) is 48.6 Å². The van der Waals surface area contributed by atoms with Crippen LogP contribution in [0.25, 0.3) is 0 Å². The molecular formula is C49H90NO8P. The molecule has 0 rings (SSSR count). The summed E-state index contributed by atoms with van der Waals surface area (Å²) in [7, 11) is -4.42. The van der Waals surface area contributed by atoms with Crippen molar-refractivity contribution in [3.63, 3.8) is 0 Å². The standard InChI is InChI=1S/C49H90NO8P/c1-3-5-7-9-11-13-15-17-19-21-22-23-24-26-28-30-32-34-36-38-40-42-49(53)56-45-47(51)46-58-59(54,55)57-44-43-50-48(52)41-39-37-35-33-31-29-27-25-20-18-16-14-12-10-8-6-4-2/h11,13,17-20,22-23,47,51H,3-10,12,14-16,21,24-46H2,1-2H3,(H,50,52)(H,54,55)/b13-11-,19-17-,20-18-,23-22-. The van der Waals surface area contributed by atoms with E-state index in [1.54, 1.807) is 0 Å². The first kappa shape index (κ1) is 57.0. The maximum Gasteiger partial charge on any atom is 0.472 e. The van der Waals surface area contributed by atoms with Crippen LogP contribution in [0, 0.1) is 0 Å². The number of hydrogen-bond acceptors (Lipinski definition) is 7. The molecule has 0 aromatic heterocycles. The molecule has 344 valence electrons. The summed E-state index contributed by atoms with van der Waals surface area (Å²) >= 11 is 0.